The fourth-order valence-corrected chi connectivity index (χ4v) is 5.05. The van der Waals surface area contributed by atoms with E-state index < -0.39 is 0 Å². The topological polar surface area (TPSA) is 31.2 Å². The van der Waals surface area contributed by atoms with E-state index in [1.165, 1.54) is 0 Å². The molecule has 0 amide bonds. The number of para-hydroxylation sites is 2. The largest absolute Gasteiger partial charge is 0.263 e. The minimum atomic E-state index is 0.600. The average molecular weight is 571 g/mol. The first-order valence-electron chi connectivity index (χ1n) is 14.9. The molecule has 0 heterocycles. The number of benzene rings is 6. The van der Waals surface area contributed by atoms with Crippen molar-refractivity contribution in [1.82, 2.24) is 0 Å². The highest BCUT2D eigenvalue weighted by Crippen LogP contribution is 2.21. The Labute approximate surface area is 259 Å². The molecule has 0 aliphatic heterocycles. The van der Waals surface area contributed by atoms with E-state index >= 15 is 0 Å². The van der Waals surface area contributed by atoms with Crippen LogP contribution in [0.3, 0.4) is 0 Å². The summed E-state index contributed by atoms with van der Waals surface area (Å²) in [6, 6.07) is 62.2. The number of rotatable bonds is 11. The van der Waals surface area contributed by atoms with Crippen LogP contribution in [0.15, 0.2) is 192 Å². The number of anilines is 2. The Bertz CT molecular complexity index is 1550. The third-order valence-corrected chi connectivity index (χ3v) is 7.26. The summed E-state index contributed by atoms with van der Waals surface area (Å²) in [5.41, 5.74) is 8.11. The fraction of sp³-hybridized carbons (Fsp3) is 0.0500. The zero-order valence-corrected chi connectivity index (χ0v) is 24.5. The van der Waals surface area contributed by atoms with Gasteiger partial charge in [-0.1, -0.05) is 158 Å². The van der Waals surface area contributed by atoms with Gasteiger partial charge in [0.2, 0.25) is 0 Å². The lowest BCUT2D eigenvalue weighted by Gasteiger charge is -2.26. The van der Waals surface area contributed by atoms with Crippen molar-refractivity contribution in [2.24, 2.45) is 10.2 Å². The SMILES string of the molecule is c1ccc(C(=NN(CCN(N=C(c2ccccc2)c2ccccc2)c2ccccc2)c2ccccc2)c2ccccc2)cc1. The maximum Gasteiger partial charge on any atom is 0.0980 e. The van der Waals surface area contributed by atoms with E-state index in [2.05, 4.69) is 156 Å². The standard InChI is InChI=1S/C40H34N4/c1-7-19-33(20-8-1)39(34-21-9-2-10-22-34)41-43(37-27-15-5-16-28-37)31-32-44(38-29-17-6-18-30-38)42-40(35-23-11-3-12-24-35)36-25-13-4-14-26-36/h1-30H,31-32H2. The summed E-state index contributed by atoms with van der Waals surface area (Å²) < 4.78 is 0. The van der Waals surface area contributed by atoms with Gasteiger partial charge in [0.25, 0.3) is 0 Å². The summed E-state index contributed by atoms with van der Waals surface area (Å²) in [6.07, 6.45) is 0. The van der Waals surface area contributed by atoms with E-state index in [1.807, 2.05) is 36.4 Å². The number of hydrogen-bond acceptors (Lipinski definition) is 4. The highest BCUT2D eigenvalue weighted by Gasteiger charge is 2.16. The van der Waals surface area contributed by atoms with Gasteiger partial charge in [-0.3, -0.25) is 10.0 Å². The van der Waals surface area contributed by atoms with Gasteiger partial charge in [0.05, 0.1) is 35.9 Å². The summed E-state index contributed by atoms with van der Waals surface area (Å²) in [5, 5.41) is 14.8. The van der Waals surface area contributed by atoms with Gasteiger partial charge in [-0.15, -0.1) is 0 Å². The Kier molecular flexibility index (Phi) is 9.31. The Morgan fingerprint density at radius 3 is 0.795 bits per heavy atom. The molecule has 4 nitrogen and oxygen atoms in total. The van der Waals surface area contributed by atoms with Crippen LogP contribution in [0.1, 0.15) is 22.3 Å². The Morgan fingerprint density at radius 1 is 0.318 bits per heavy atom. The molecule has 0 aliphatic carbocycles. The molecule has 0 saturated carbocycles. The van der Waals surface area contributed by atoms with Crippen LogP contribution in [0, 0.1) is 0 Å². The molecule has 0 atom stereocenters. The van der Waals surface area contributed by atoms with Crippen LogP contribution in [0.4, 0.5) is 11.4 Å². The third kappa shape index (κ3) is 7.18. The molecule has 6 rings (SSSR count). The van der Waals surface area contributed by atoms with Crippen LogP contribution >= 0.6 is 0 Å². The first-order chi connectivity index (χ1) is 21.8. The highest BCUT2D eigenvalue weighted by atomic mass is 15.5. The minimum Gasteiger partial charge on any atom is -0.263 e. The third-order valence-electron chi connectivity index (χ3n) is 7.26. The maximum atomic E-state index is 5.32. The normalized spacial score (nSPS) is 10.5. The van der Waals surface area contributed by atoms with Crippen LogP contribution < -0.4 is 10.0 Å². The molecule has 6 aromatic carbocycles. The molecule has 4 heteroatoms. The smallest absolute Gasteiger partial charge is 0.0980 e. The zero-order chi connectivity index (χ0) is 29.8. The number of hydrazone groups is 2. The molecule has 0 N–H and O–H groups in total. The molecule has 0 spiro atoms. The lowest BCUT2D eigenvalue weighted by molar-refractivity contribution is 0.771. The predicted molar refractivity (Wildman–Crippen MR) is 185 cm³/mol. The molecule has 0 radical (unpaired) electrons. The van der Waals surface area contributed by atoms with Gasteiger partial charge in [0.1, 0.15) is 0 Å². The van der Waals surface area contributed by atoms with Crippen molar-refractivity contribution in [2.45, 2.75) is 0 Å². The Morgan fingerprint density at radius 2 is 0.545 bits per heavy atom. The van der Waals surface area contributed by atoms with Gasteiger partial charge in [-0.2, -0.15) is 10.2 Å². The van der Waals surface area contributed by atoms with E-state index in [-0.39, 0.29) is 0 Å². The summed E-state index contributed by atoms with van der Waals surface area (Å²) in [5.74, 6) is 0. The van der Waals surface area contributed by atoms with Gasteiger partial charge >= 0.3 is 0 Å². The summed E-state index contributed by atoms with van der Waals surface area (Å²) in [7, 11) is 0. The van der Waals surface area contributed by atoms with Crippen LogP contribution in [0.5, 0.6) is 0 Å². The molecule has 6 aromatic rings. The van der Waals surface area contributed by atoms with Crippen molar-refractivity contribution in [1.29, 1.82) is 0 Å². The predicted octanol–water partition coefficient (Wildman–Crippen LogP) is 8.90. The zero-order valence-electron chi connectivity index (χ0n) is 24.5. The molecular formula is C40H34N4. The number of nitrogens with zero attached hydrogens (tertiary/aromatic N) is 4. The van der Waals surface area contributed by atoms with Crippen LogP contribution in [-0.4, -0.2) is 24.5 Å². The lowest BCUT2D eigenvalue weighted by atomic mass is 10.0. The van der Waals surface area contributed by atoms with Crippen molar-refractivity contribution in [2.75, 3.05) is 23.1 Å². The first kappa shape index (κ1) is 28.4. The molecule has 0 saturated heterocycles. The van der Waals surface area contributed by atoms with E-state index in [9.17, 15) is 0 Å². The van der Waals surface area contributed by atoms with Crippen molar-refractivity contribution in [3.63, 3.8) is 0 Å². The highest BCUT2D eigenvalue weighted by molar-refractivity contribution is 6.13. The van der Waals surface area contributed by atoms with Gasteiger partial charge in [0, 0.05) is 22.3 Å². The molecule has 44 heavy (non-hydrogen) atoms. The molecule has 0 fully saturated rings. The first-order valence-corrected chi connectivity index (χ1v) is 14.9. The van der Waals surface area contributed by atoms with Crippen molar-refractivity contribution < 1.29 is 0 Å². The minimum absolute atomic E-state index is 0.600. The second kappa shape index (κ2) is 14.4. The quantitative estimate of drug-likeness (QED) is 0.115. The second-order valence-corrected chi connectivity index (χ2v) is 10.3. The van der Waals surface area contributed by atoms with Gasteiger partial charge in [-0.25, -0.2) is 0 Å². The number of hydrogen-bond donors (Lipinski definition) is 0. The van der Waals surface area contributed by atoms with Crippen molar-refractivity contribution in [3.05, 3.63) is 204 Å². The lowest BCUT2D eigenvalue weighted by Crippen LogP contribution is -2.32. The van der Waals surface area contributed by atoms with Gasteiger partial charge in [-0.05, 0) is 24.3 Å². The Hall–Kier alpha value is -5.74. The van der Waals surface area contributed by atoms with E-state index in [0.29, 0.717) is 13.1 Å². The monoisotopic (exact) mass is 570 g/mol. The molecule has 0 bridgehead atoms. The Balaban J connectivity index is 1.42. The molecular weight excluding hydrogens is 536 g/mol. The van der Waals surface area contributed by atoms with E-state index in [1.54, 1.807) is 0 Å². The second-order valence-electron chi connectivity index (χ2n) is 10.3. The molecule has 0 unspecified atom stereocenters. The van der Waals surface area contributed by atoms with E-state index in [4.69, 9.17) is 10.2 Å². The van der Waals surface area contributed by atoms with Crippen molar-refractivity contribution >= 4 is 22.8 Å². The summed E-state index contributed by atoms with van der Waals surface area (Å²) in [6.45, 7) is 1.20. The molecule has 0 aromatic heterocycles. The van der Waals surface area contributed by atoms with E-state index in [0.717, 1.165) is 45.1 Å². The van der Waals surface area contributed by atoms with Crippen molar-refractivity contribution in [3.8, 4) is 0 Å². The fourth-order valence-electron chi connectivity index (χ4n) is 5.05. The van der Waals surface area contributed by atoms with Crippen LogP contribution in [-0.2, 0) is 0 Å². The van der Waals surface area contributed by atoms with Crippen LogP contribution in [0.25, 0.3) is 0 Å². The maximum absolute atomic E-state index is 5.32. The molecule has 214 valence electrons. The summed E-state index contributed by atoms with van der Waals surface area (Å²) >= 11 is 0. The molecule has 0 aliphatic rings. The van der Waals surface area contributed by atoms with Gasteiger partial charge in [0.15, 0.2) is 0 Å². The van der Waals surface area contributed by atoms with Crippen LogP contribution in [0.2, 0.25) is 0 Å². The summed E-state index contributed by atoms with van der Waals surface area (Å²) in [4.78, 5) is 0. The average Bonchev–Trinajstić information content (AvgIpc) is 3.12. The van der Waals surface area contributed by atoms with Gasteiger partial charge < -0.3 is 0 Å².